The highest BCUT2D eigenvalue weighted by Gasteiger charge is 2.23. The summed E-state index contributed by atoms with van der Waals surface area (Å²) < 4.78 is -0.106. The summed E-state index contributed by atoms with van der Waals surface area (Å²) >= 11 is 13.9. The van der Waals surface area contributed by atoms with E-state index in [0.717, 1.165) is 6.42 Å². The van der Waals surface area contributed by atoms with Gasteiger partial charge in [-0.05, 0) is 12.3 Å². The molecule has 0 fully saturated rings. The van der Waals surface area contributed by atoms with Crippen LogP contribution in [0.1, 0.15) is 20.3 Å². The summed E-state index contributed by atoms with van der Waals surface area (Å²) in [4.78, 5) is 0.533. The summed E-state index contributed by atoms with van der Waals surface area (Å²) in [6, 6.07) is 0. The molecule has 62 valence electrons. The third kappa shape index (κ3) is 6.62. The molecule has 0 N–H and O–H groups in total. The summed E-state index contributed by atoms with van der Waals surface area (Å²) in [6.07, 6.45) is 1.00. The van der Waals surface area contributed by atoms with Gasteiger partial charge >= 0.3 is 0 Å². The fourth-order valence-corrected chi connectivity index (χ4v) is 3.29. The third-order valence-corrected chi connectivity index (χ3v) is 3.50. The molecule has 0 heterocycles. The molecule has 4 heteroatoms. The van der Waals surface area contributed by atoms with Crippen LogP contribution in [0.25, 0.3) is 0 Å². The molecule has 0 aliphatic carbocycles. The van der Waals surface area contributed by atoms with E-state index >= 15 is 0 Å². The molecular formula is C6H10Br4. The van der Waals surface area contributed by atoms with Crippen molar-refractivity contribution < 1.29 is 0 Å². The van der Waals surface area contributed by atoms with Crippen molar-refractivity contribution in [1.29, 1.82) is 0 Å². The van der Waals surface area contributed by atoms with E-state index in [1.807, 2.05) is 0 Å². The number of rotatable bonds is 2. The van der Waals surface area contributed by atoms with Crippen molar-refractivity contribution in [2.24, 2.45) is 5.92 Å². The molecule has 0 bridgehead atoms. The van der Waals surface area contributed by atoms with E-state index in [0.29, 0.717) is 10.7 Å². The van der Waals surface area contributed by atoms with E-state index in [2.05, 4.69) is 77.6 Å². The highest BCUT2D eigenvalue weighted by molar-refractivity contribution is 9.39. The molecule has 0 aliphatic rings. The first-order valence-electron chi connectivity index (χ1n) is 3.04. The van der Waals surface area contributed by atoms with Gasteiger partial charge in [0.05, 0.1) is 0 Å². The monoisotopic (exact) mass is 398 g/mol. The van der Waals surface area contributed by atoms with Gasteiger partial charge in [0.25, 0.3) is 0 Å². The molecule has 0 rings (SSSR count). The lowest BCUT2D eigenvalue weighted by Crippen LogP contribution is -2.14. The Morgan fingerprint density at radius 3 is 1.70 bits per heavy atom. The van der Waals surface area contributed by atoms with Crippen LogP contribution in [0.5, 0.6) is 0 Å². The quantitative estimate of drug-likeness (QED) is 0.592. The molecule has 0 saturated heterocycles. The average Bonchev–Trinajstić information content (AvgIpc) is 1.60. The maximum absolute atomic E-state index is 3.59. The highest BCUT2D eigenvalue weighted by Crippen LogP contribution is 2.40. The lowest BCUT2D eigenvalue weighted by molar-refractivity contribution is 0.598. The summed E-state index contributed by atoms with van der Waals surface area (Å²) in [6.45, 7) is 4.39. The minimum absolute atomic E-state index is 0.106. The van der Waals surface area contributed by atoms with Gasteiger partial charge in [0, 0.05) is 4.83 Å². The molecule has 10 heavy (non-hydrogen) atoms. The number of alkyl halides is 4. The SMILES string of the molecule is CC(C)C(Br)CC(Br)(Br)Br. The van der Waals surface area contributed by atoms with E-state index in [1.54, 1.807) is 0 Å². The van der Waals surface area contributed by atoms with Crippen LogP contribution in [-0.2, 0) is 0 Å². The van der Waals surface area contributed by atoms with Crippen LogP contribution >= 0.6 is 63.7 Å². The topological polar surface area (TPSA) is 0 Å². The smallest absolute Gasteiger partial charge is 0.0887 e. The molecule has 1 unspecified atom stereocenters. The van der Waals surface area contributed by atoms with Crippen LogP contribution in [0.4, 0.5) is 0 Å². The van der Waals surface area contributed by atoms with Crippen molar-refractivity contribution in [2.45, 2.75) is 27.2 Å². The van der Waals surface area contributed by atoms with Gasteiger partial charge in [-0.3, -0.25) is 0 Å². The van der Waals surface area contributed by atoms with Crippen molar-refractivity contribution in [3.05, 3.63) is 0 Å². The second kappa shape index (κ2) is 4.83. The van der Waals surface area contributed by atoms with Crippen LogP contribution in [0.2, 0.25) is 0 Å². The van der Waals surface area contributed by atoms with Crippen LogP contribution in [0, 0.1) is 5.92 Å². The molecule has 0 aliphatic heterocycles. The Balaban J connectivity index is 3.68. The van der Waals surface area contributed by atoms with E-state index in [-0.39, 0.29) is 2.14 Å². The van der Waals surface area contributed by atoms with Crippen LogP contribution in [0.15, 0.2) is 0 Å². The Hall–Kier alpha value is 1.92. The van der Waals surface area contributed by atoms with Crippen LogP contribution in [-0.4, -0.2) is 6.97 Å². The standard InChI is InChI=1S/C6H10Br4/c1-4(2)5(7)3-6(8,9)10/h4-5H,3H2,1-2H3. The predicted octanol–water partition coefficient (Wildman–Crippen LogP) is 4.63. The Bertz CT molecular complexity index is 94.4. The molecule has 0 spiro atoms. The highest BCUT2D eigenvalue weighted by atomic mass is 80.0. The fourth-order valence-electron chi connectivity index (χ4n) is 0.457. The molecule has 0 aromatic heterocycles. The third-order valence-electron chi connectivity index (χ3n) is 1.15. The molecular weight excluding hydrogens is 392 g/mol. The van der Waals surface area contributed by atoms with Crippen LogP contribution < -0.4 is 0 Å². The molecule has 0 radical (unpaired) electrons. The second-order valence-corrected chi connectivity index (χ2v) is 11.0. The summed E-state index contributed by atoms with van der Waals surface area (Å²) in [5, 5.41) is 0. The minimum atomic E-state index is -0.106. The minimum Gasteiger partial charge on any atom is -0.0887 e. The average molecular weight is 402 g/mol. The molecule has 0 nitrogen and oxygen atoms in total. The normalized spacial score (nSPS) is 15.9. The van der Waals surface area contributed by atoms with Gasteiger partial charge in [-0.1, -0.05) is 77.6 Å². The predicted molar refractivity (Wildman–Crippen MR) is 61.7 cm³/mol. The summed E-state index contributed by atoms with van der Waals surface area (Å²) in [5.41, 5.74) is 0. The van der Waals surface area contributed by atoms with E-state index < -0.39 is 0 Å². The Labute approximate surface area is 96.0 Å². The first kappa shape index (κ1) is 11.9. The van der Waals surface area contributed by atoms with Gasteiger partial charge in [-0.2, -0.15) is 0 Å². The van der Waals surface area contributed by atoms with Gasteiger partial charge in [-0.15, -0.1) is 0 Å². The first-order valence-corrected chi connectivity index (χ1v) is 6.33. The van der Waals surface area contributed by atoms with Crippen molar-refractivity contribution in [3.8, 4) is 0 Å². The van der Waals surface area contributed by atoms with Crippen molar-refractivity contribution >= 4 is 63.7 Å². The molecule has 0 aromatic rings. The first-order chi connectivity index (χ1) is 4.33. The van der Waals surface area contributed by atoms with Gasteiger partial charge in [0.2, 0.25) is 0 Å². The fraction of sp³-hybridized carbons (Fsp3) is 1.00. The largest absolute Gasteiger partial charge is 0.136 e. The van der Waals surface area contributed by atoms with Gasteiger partial charge in [0.15, 0.2) is 0 Å². The number of halogens is 4. The van der Waals surface area contributed by atoms with Gasteiger partial charge in [-0.25, -0.2) is 0 Å². The Morgan fingerprint density at radius 1 is 1.20 bits per heavy atom. The zero-order chi connectivity index (χ0) is 8.36. The lowest BCUT2D eigenvalue weighted by Gasteiger charge is -2.19. The lowest BCUT2D eigenvalue weighted by atomic mass is 10.1. The summed E-state index contributed by atoms with van der Waals surface area (Å²) in [7, 11) is 0. The number of hydrogen-bond donors (Lipinski definition) is 0. The van der Waals surface area contributed by atoms with Gasteiger partial charge < -0.3 is 0 Å². The Kier molecular flexibility index (Phi) is 5.75. The summed E-state index contributed by atoms with van der Waals surface area (Å²) in [5.74, 6) is 0.659. The zero-order valence-electron chi connectivity index (χ0n) is 5.87. The Morgan fingerprint density at radius 2 is 1.60 bits per heavy atom. The molecule has 1 atom stereocenters. The second-order valence-electron chi connectivity index (χ2n) is 2.58. The maximum Gasteiger partial charge on any atom is 0.136 e. The maximum atomic E-state index is 3.59. The molecule has 0 aromatic carbocycles. The van der Waals surface area contributed by atoms with Crippen molar-refractivity contribution in [3.63, 3.8) is 0 Å². The molecule has 0 amide bonds. The van der Waals surface area contributed by atoms with Crippen molar-refractivity contribution in [1.82, 2.24) is 0 Å². The van der Waals surface area contributed by atoms with Gasteiger partial charge in [0.1, 0.15) is 2.14 Å². The van der Waals surface area contributed by atoms with Crippen LogP contribution in [0.3, 0.4) is 0 Å². The van der Waals surface area contributed by atoms with E-state index in [9.17, 15) is 0 Å². The van der Waals surface area contributed by atoms with E-state index in [1.165, 1.54) is 0 Å². The number of hydrogen-bond acceptors (Lipinski definition) is 0. The molecule has 0 saturated carbocycles. The zero-order valence-corrected chi connectivity index (χ0v) is 12.2. The van der Waals surface area contributed by atoms with E-state index in [4.69, 9.17) is 0 Å². The van der Waals surface area contributed by atoms with Crippen molar-refractivity contribution in [2.75, 3.05) is 0 Å².